The smallest absolute Gasteiger partial charge is 0.249 e. The van der Waals surface area contributed by atoms with Crippen molar-refractivity contribution in [2.75, 3.05) is 6.61 Å². The lowest BCUT2D eigenvalue weighted by atomic mass is 10.00. The molecular formula is C33H61NO5. The molecule has 0 aromatic rings. The first kappa shape index (κ1) is 37.5. The molecule has 4 atom stereocenters. The van der Waals surface area contributed by atoms with Gasteiger partial charge in [-0.3, -0.25) is 4.79 Å². The summed E-state index contributed by atoms with van der Waals surface area (Å²) in [5, 5.41) is 43.1. The topological polar surface area (TPSA) is 110 Å². The number of amides is 1. The average molecular weight is 552 g/mol. The van der Waals surface area contributed by atoms with Crippen LogP contribution in [0.3, 0.4) is 0 Å². The summed E-state index contributed by atoms with van der Waals surface area (Å²) >= 11 is 0. The van der Waals surface area contributed by atoms with Crippen LogP contribution in [0.5, 0.6) is 0 Å². The molecule has 0 aliphatic carbocycles. The molecule has 39 heavy (non-hydrogen) atoms. The summed E-state index contributed by atoms with van der Waals surface area (Å²) in [6, 6.07) is -1.00. The summed E-state index contributed by atoms with van der Waals surface area (Å²) in [7, 11) is 0. The van der Waals surface area contributed by atoms with Gasteiger partial charge in [0.15, 0.2) is 0 Å². The van der Waals surface area contributed by atoms with E-state index in [4.69, 9.17) is 0 Å². The van der Waals surface area contributed by atoms with E-state index in [1.54, 1.807) is 0 Å². The van der Waals surface area contributed by atoms with Gasteiger partial charge < -0.3 is 25.7 Å². The third-order valence-corrected chi connectivity index (χ3v) is 7.04. The number of hydrogen-bond donors (Lipinski definition) is 5. The minimum atomic E-state index is -1.29. The number of allylic oxidation sites excluding steroid dienone is 6. The molecule has 0 aliphatic heterocycles. The SMILES string of the molecule is CCC/C=C/CC/C=C/CC/C=C/CCCC(O)C(O)C(CO)NC(=O)C(O)CCCCCCCCCCC. The Hall–Kier alpha value is -1.47. The van der Waals surface area contributed by atoms with E-state index in [1.165, 1.54) is 44.9 Å². The molecule has 0 aromatic heterocycles. The van der Waals surface area contributed by atoms with E-state index in [2.05, 4.69) is 55.6 Å². The van der Waals surface area contributed by atoms with Gasteiger partial charge in [0.2, 0.25) is 5.91 Å². The van der Waals surface area contributed by atoms with Crippen LogP contribution in [0.1, 0.15) is 136 Å². The highest BCUT2D eigenvalue weighted by atomic mass is 16.3. The fourth-order valence-electron chi connectivity index (χ4n) is 4.44. The molecular weight excluding hydrogens is 490 g/mol. The van der Waals surface area contributed by atoms with Crippen molar-refractivity contribution >= 4 is 5.91 Å². The van der Waals surface area contributed by atoms with Crippen molar-refractivity contribution in [2.24, 2.45) is 0 Å². The van der Waals surface area contributed by atoms with Crippen molar-refractivity contribution < 1.29 is 25.2 Å². The molecule has 0 heterocycles. The number of unbranched alkanes of at least 4 members (excludes halogenated alkanes) is 12. The predicted octanol–water partition coefficient (Wildman–Crippen LogP) is 6.67. The fraction of sp³-hybridized carbons (Fsp3) is 0.788. The minimum Gasteiger partial charge on any atom is -0.394 e. The zero-order valence-electron chi connectivity index (χ0n) is 25.1. The Morgan fingerprint density at radius 2 is 1.10 bits per heavy atom. The van der Waals surface area contributed by atoms with Crippen molar-refractivity contribution in [3.63, 3.8) is 0 Å². The normalized spacial score (nSPS) is 15.3. The Kier molecular flexibility index (Phi) is 27.0. The number of rotatable bonds is 27. The maximum atomic E-state index is 12.3. The summed E-state index contributed by atoms with van der Waals surface area (Å²) < 4.78 is 0. The average Bonchev–Trinajstić information content (AvgIpc) is 2.94. The van der Waals surface area contributed by atoms with Crippen LogP contribution in [0.15, 0.2) is 36.5 Å². The molecule has 0 bridgehead atoms. The zero-order chi connectivity index (χ0) is 29.0. The highest BCUT2D eigenvalue weighted by Crippen LogP contribution is 2.13. The molecule has 4 unspecified atom stereocenters. The largest absolute Gasteiger partial charge is 0.394 e. The van der Waals surface area contributed by atoms with Crippen LogP contribution in [0.4, 0.5) is 0 Å². The van der Waals surface area contributed by atoms with Gasteiger partial charge in [-0.25, -0.2) is 0 Å². The van der Waals surface area contributed by atoms with Gasteiger partial charge in [0.05, 0.1) is 18.8 Å². The number of carbonyl (C=O) groups is 1. The van der Waals surface area contributed by atoms with Crippen LogP contribution in [-0.4, -0.2) is 57.3 Å². The molecule has 0 rings (SSSR count). The Morgan fingerprint density at radius 3 is 1.62 bits per heavy atom. The lowest BCUT2D eigenvalue weighted by Crippen LogP contribution is -2.53. The monoisotopic (exact) mass is 551 g/mol. The molecule has 0 spiro atoms. The van der Waals surface area contributed by atoms with Crippen LogP contribution >= 0.6 is 0 Å². The lowest BCUT2D eigenvalue weighted by Gasteiger charge is -2.27. The number of aliphatic hydroxyl groups excluding tert-OH is 4. The second-order valence-corrected chi connectivity index (χ2v) is 10.8. The van der Waals surface area contributed by atoms with Gasteiger partial charge in [0.25, 0.3) is 0 Å². The number of nitrogens with one attached hydrogen (secondary N) is 1. The van der Waals surface area contributed by atoms with Crippen LogP contribution in [-0.2, 0) is 4.79 Å². The summed E-state index contributed by atoms with van der Waals surface area (Å²) in [5.41, 5.74) is 0. The van der Waals surface area contributed by atoms with Crippen LogP contribution < -0.4 is 5.32 Å². The number of carbonyl (C=O) groups excluding carboxylic acids is 1. The van der Waals surface area contributed by atoms with Crippen LogP contribution in [0, 0.1) is 0 Å². The molecule has 0 fully saturated rings. The highest BCUT2D eigenvalue weighted by Gasteiger charge is 2.28. The van der Waals surface area contributed by atoms with Crippen molar-refractivity contribution in [3.05, 3.63) is 36.5 Å². The Labute approximate surface area is 239 Å². The fourth-order valence-corrected chi connectivity index (χ4v) is 4.44. The van der Waals surface area contributed by atoms with E-state index >= 15 is 0 Å². The summed E-state index contributed by atoms with van der Waals surface area (Å²) in [4.78, 5) is 12.3. The summed E-state index contributed by atoms with van der Waals surface area (Å²) in [6.07, 6.45) is 28.8. The number of aliphatic hydroxyl groups is 4. The Balaban J connectivity index is 4.00. The Bertz CT molecular complexity index is 634. The van der Waals surface area contributed by atoms with Gasteiger partial charge in [-0.2, -0.15) is 0 Å². The molecule has 0 radical (unpaired) electrons. The highest BCUT2D eigenvalue weighted by molar-refractivity contribution is 5.80. The van der Waals surface area contributed by atoms with Crippen LogP contribution in [0.25, 0.3) is 0 Å². The van der Waals surface area contributed by atoms with E-state index in [1.807, 2.05) is 0 Å². The van der Waals surface area contributed by atoms with E-state index < -0.39 is 36.9 Å². The summed E-state index contributed by atoms with van der Waals surface area (Å²) in [6.45, 7) is 3.89. The van der Waals surface area contributed by atoms with Crippen molar-refractivity contribution in [1.29, 1.82) is 0 Å². The Morgan fingerprint density at radius 1 is 0.615 bits per heavy atom. The van der Waals surface area contributed by atoms with Gasteiger partial charge in [-0.1, -0.05) is 115 Å². The maximum Gasteiger partial charge on any atom is 0.249 e. The van der Waals surface area contributed by atoms with E-state index in [0.717, 1.165) is 57.8 Å². The quantitative estimate of drug-likeness (QED) is 0.0579. The molecule has 0 aromatic carbocycles. The standard InChI is InChI=1S/C33H61NO5/c1-3-5-7-9-11-13-14-15-16-17-19-20-22-24-26-30(36)32(38)29(28-35)34-33(39)31(37)27-25-23-21-18-12-10-8-6-4-2/h7,9,14-15,19-20,29-32,35-38H,3-6,8,10-13,16-18,21-28H2,1-2H3,(H,34,39)/b9-7+,15-14+,20-19+. The second kappa shape index (κ2) is 28.1. The first-order chi connectivity index (χ1) is 19.0. The first-order valence-electron chi connectivity index (χ1n) is 15.9. The first-order valence-corrected chi connectivity index (χ1v) is 15.9. The third kappa shape index (κ3) is 23.0. The summed E-state index contributed by atoms with van der Waals surface area (Å²) in [5.74, 6) is -0.607. The lowest BCUT2D eigenvalue weighted by molar-refractivity contribution is -0.132. The second-order valence-electron chi connectivity index (χ2n) is 10.8. The van der Waals surface area contributed by atoms with Gasteiger partial charge in [0, 0.05) is 0 Å². The van der Waals surface area contributed by atoms with Gasteiger partial charge in [0.1, 0.15) is 12.2 Å². The van der Waals surface area contributed by atoms with Gasteiger partial charge in [-0.15, -0.1) is 0 Å². The zero-order valence-corrected chi connectivity index (χ0v) is 25.1. The van der Waals surface area contributed by atoms with Crippen LogP contribution in [0.2, 0.25) is 0 Å². The minimum absolute atomic E-state index is 0.358. The van der Waals surface area contributed by atoms with E-state index in [0.29, 0.717) is 19.3 Å². The van der Waals surface area contributed by atoms with Gasteiger partial charge >= 0.3 is 0 Å². The van der Waals surface area contributed by atoms with Crippen molar-refractivity contribution in [3.8, 4) is 0 Å². The third-order valence-electron chi connectivity index (χ3n) is 7.04. The number of hydrogen-bond acceptors (Lipinski definition) is 5. The van der Waals surface area contributed by atoms with E-state index in [-0.39, 0.29) is 0 Å². The molecule has 6 heteroatoms. The molecule has 0 saturated heterocycles. The molecule has 0 aliphatic rings. The molecule has 6 nitrogen and oxygen atoms in total. The predicted molar refractivity (Wildman–Crippen MR) is 164 cm³/mol. The molecule has 1 amide bonds. The van der Waals surface area contributed by atoms with Gasteiger partial charge in [-0.05, 0) is 57.8 Å². The molecule has 5 N–H and O–H groups in total. The van der Waals surface area contributed by atoms with Crippen molar-refractivity contribution in [1.82, 2.24) is 5.32 Å². The van der Waals surface area contributed by atoms with Crippen molar-refractivity contribution in [2.45, 2.75) is 160 Å². The molecule has 228 valence electrons. The molecule has 0 saturated carbocycles. The maximum absolute atomic E-state index is 12.3. The van der Waals surface area contributed by atoms with E-state index in [9.17, 15) is 25.2 Å².